The molecular formula is C17H35NO4. The van der Waals surface area contributed by atoms with Crippen molar-refractivity contribution in [3.8, 4) is 0 Å². The Morgan fingerprint density at radius 1 is 0.909 bits per heavy atom. The molecule has 132 valence electrons. The molecule has 0 aromatic carbocycles. The number of rotatable bonds is 14. The topological polar surface area (TPSA) is 56.8 Å². The third kappa shape index (κ3) is 13.2. The molecule has 5 nitrogen and oxygen atoms in total. The van der Waals surface area contributed by atoms with Crippen LogP contribution < -0.4 is 5.32 Å². The Morgan fingerprint density at radius 3 is 2.00 bits per heavy atom. The lowest BCUT2D eigenvalue weighted by molar-refractivity contribution is -0.120. The summed E-state index contributed by atoms with van der Waals surface area (Å²) in [7, 11) is 1.91. The van der Waals surface area contributed by atoms with Crippen LogP contribution in [-0.2, 0) is 19.0 Å². The van der Waals surface area contributed by atoms with E-state index in [0.29, 0.717) is 26.2 Å². The molecule has 22 heavy (non-hydrogen) atoms. The first-order valence-corrected chi connectivity index (χ1v) is 8.18. The molecular weight excluding hydrogens is 282 g/mol. The number of ether oxygens (including phenoxy) is 3. The fourth-order valence-electron chi connectivity index (χ4n) is 1.78. The Balaban J connectivity index is 3.82. The van der Waals surface area contributed by atoms with Crippen molar-refractivity contribution < 1.29 is 19.0 Å². The summed E-state index contributed by atoms with van der Waals surface area (Å²) < 4.78 is 17.2. The largest absolute Gasteiger partial charge is 0.380 e. The Kier molecular flexibility index (Phi) is 10.9. The highest BCUT2D eigenvalue weighted by atomic mass is 16.5. The zero-order chi connectivity index (χ0) is 17.1. The zero-order valence-corrected chi connectivity index (χ0v) is 15.3. The van der Waals surface area contributed by atoms with Crippen molar-refractivity contribution in [3.05, 3.63) is 0 Å². The zero-order valence-electron chi connectivity index (χ0n) is 15.3. The van der Waals surface area contributed by atoms with Crippen molar-refractivity contribution in [2.45, 2.75) is 65.1 Å². The van der Waals surface area contributed by atoms with Crippen molar-refractivity contribution in [1.82, 2.24) is 5.32 Å². The van der Waals surface area contributed by atoms with E-state index in [9.17, 15) is 4.79 Å². The van der Waals surface area contributed by atoms with Crippen LogP contribution in [-0.4, -0.2) is 57.0 Å². The normalized spacial score (nSPS) is 12.6. The summed E-state index contributed by atoms with van der Waals surface area (Å²) in [6.07, 6.45) is 2.14. The minimum Gasteiger partial charge on any atom is -0.380 e. The second-order valence-electron chi connectivity index (χ2n) is 6.88. The van der Waals surface area contributed by atoms with Gasteiger partial charge < -0.3 is 19.5 Å². The highest BCUT2D eigenvalue weighted by Crippen LogP contribution is 2.19. The lowest BCUT2D eigenvalue weighted by Gasteiger charge is -2.29. The second kappa shape index (κ2) is 11.1. The van der Waals surface area contributed by atoms with Gasteiger partial charge in [-0.2, -0.15) is 0 Å². The maximum Gasteiger partial charge on any atom is 0.132 e. The summed E-state index contributed by atoms with van der Waals surface area (Å²) in [5.41, 5.74) is -0.468. The molecule has 0 heterocycles. The van der Waals surface area contributed by atoms with Crippen molar-refractivity contribution in [2.24, 2.45) is 0 Å². The first kappa shape index (κ1) is 21.5. The van der Waals surface area contributed by atoms with Gasteiger partial charge in [0.05, 0.1) is 31.0 Å². The van der Waals surface area contributed by atoms with E-state index in [-0.39, 0.29) is 17.0 Å². The van der Waals surface area contributed by atoms with Crippen LogP contribution in [0.15, 0.2) is 0 Å². The van der Waals surface area contributed by atoms with Gasteiger partial charge in [-0.1, -0.05) is 0 Å². The number of Topliss-reactive ketones (excluding diaryl/α,β-unsaturated/α-hetero) is 1. The number of carbonyl (C=O) groups excluding carboxylic acids is 1. The monoisotopic (exact) mass is 317 g/mol. The molecule has 0 aliphatic carbocycles. The fourth-order valence-corrected chi connectivity index (χ4v) is 1.78. The fraction of sp³-hybridized carbons (Fsp3) is 0.941. The summed E-state index contributed by atoms with van der Waals surface area (Å²) >= 11 is 0. The Morgan fingerprint density at radius 2 is 1.45 bits per heavy atom. The minimum atomic E-state index is -0.269. The quantitative estimate of drug-likeness (QED) is 0.499. The Bertz CT molecular complexity index is 303. The highest BCUT2D eigenvalue weighted by molar-refractivity contribution is 5.75. The first-order valence-electron chi connectivity index (χ1n) is 8.18. The van der Waals surface area contributed by atoms with Crippen LogP contribution in [0.3, 0.4) is 0 Å². The molecule has 0 aliphatic rings. The molecule has 0 saturated carbocycles. The number of hydrogen-bond acceptors (Lipinski definition) is 5. The molecule has 0 aromatic heterocycles. The average Bonchev–Trinajstić information content (AvgIpc) is 2.37. The first-order chi connectivity index (χ1) is 10.2. The van der Waals surface area contributed by atoms with Crippen LogP contribution >= 0.6 is 0 Å². The van der Waals surface area contributed by atoms with Crippen molar-refractivity contribution in [2.75, 3.05) is 40.0 Å². The Hall–Kier alpha value is -0.490. The lowest BCUT2D eigenvalue weighted by Crippen LogP contribution is -2.32. The van der Waals surface area contributed by atoms with Crippen molar-refractivity contribution in [1.29, 1.82) is 0 Å². The minimum absolute atomic E-state index is 0.159. The van der Waals surface area contributed by atoms with Crippen LogP contribution in [0.5, 0.6) is 0 Å². The molecule has 0 aliphatic heterocycles. The van der Waals surface area contributed by atoms with Gasteiger partial charge in [0, 0.05) is 19.6 Å². The standard InChI is InChI=1S/C17H35NO4/c1-15(19)7-11-21-17(4,5)9-13-22-16(2,3)8-12-20-14-10-18-6/h18H,7-14H2,1-6H3. The smallest absolute Gasteiger partial charge is 0.132 e. The van der Waals surface area contributed by atoms with Crippen LogP contribution in [0.2, 0.25) is 0 Å². The molecule has 0 saturated heterocycles. The van der Waals surface area contributed by atoms with Crippen molar-refractivity contribution >= 4 is 5.78 Å². The third-order valence-electron chi connectivity index (χ3n) is 3.49. The molecule has 1 N–H and O–H groups in total. The Labute approximate surface area is 136 Å². The number of likely N-dealkylation sites (N-methyl/N-ethyl adjacent to an activating group) is 1. The SMILES string of the molecule is CNCCOCCC(C)(C)OCCC(C)(C)OCCC(C)=O. The highest BCUT2D eigenvalue weighted by Gasteiger charge is 2.22. The van der Waals surface area contributed by atoms with E-state index < -0.39 is 0 Å². The lowest BCUT2D eigenvalue weighted by atomic mass is 10.0. The van der Waals surface area contributed by atoms with Gasteiger partial charge in [-0.25, -0.2) is 0 Å². The average molecular weight is 317 g/mol. The number of carbonyl (C=O) groups is 1. The van der Waals surface area contributed by atoms with Crippen LogP contribution in [0.1, 0.15) is 53.9 Å². The maximum atomic E-state index is 10.9. The number of ketones is 1. The molecule has 0 fully saturated rings. The van der Waals surface area contributed by atoms with Gasteiger partial charge in [-0.3, -0.25) is 4.79 Å². The van der Waals surface area contributed by atoms with Crippen LogP contribution in [0.4, 0.5) is 0 Å². The van der Waals surface area contributed by atoms with E-state index in [1.807, 2.05) is 20.9 Å². The number of nitrogens with one attached hydrogen (secondary N) is 1. The van der Waals surface area contributed by atoms with E-state index in [0.717, 1.165) is 26.0 Å². The van der Waals surface area contributed by atoms with Gasteiger partial charge in [0.1, 0.15) is 5.78 Å². The summed E-state index contributed by atoms with van der Waals surface area (Å²) in [6.45, 7) is 13.2. The predicted molar refractivity (Wildman–Crippen MR) is 89.3 cm³/mol. The van der Waals surface area contributed by atoms with Gasteiger partial charge >= 0.3 is 0 Å². The summed E-state index contributed by atoms with van der Waals surface area (Å²) in [4.78, 5) is 10.9. The van der Waals surface area contributed by atoms with E-state index in [1.54, 1.807) is 6.92 Å². The molecule has 0 unspecified atom stereocenters. The molecule has 0 radical (unpaired) electrons. The van der Waals surface area contributed by atoms with E-state index in [4.69, 9.17) is 14.2 Å². The molecule has 0 aromatic rings. The van der Waals surface area contributed by atoms with Crippen LogP contribution in [0.25, 0.3) is 0 Å². The molecule has 0 rings (SSSR count). The maximum absolute atomic E-state index is 10.9. The van der Waals surface area contributed by atoms with Crippen molar-refractivity contribution in [3.63, 3.8) is 0 Å². The predicted octanol–water partition coefficient (Wildman–Crippen LogP) is 2.57. The van der Waals surface area contributed by atoms with Gasteiger partial charge in [0.15, 0.2) is 0 Å². The van der Waals surface area contributed by atoms with E-state index >= 15 is 0 Å². The molecule has 0 amide bonds. The third-order valence-corrected chi connectivity index (χ3v) is 3.49. The van der Waals surface area contributed by atoms with Gasteiger partial charge in [-0.05, 0) is 54.5 Å². The summed E-state index contributed by atoms with van der Waals surface area (Å²) in [5, 5.41) is 3.05. The summed E-state index contributed by atoms with van der Waals surface area (Å²) in [5.74, 6) is 0.159. The second-order valence-corrected chi connectivity index (χ2v) is 6.88. The van der Waals surface area contributed by atoms with E-state index in [1.165, 1.54) is 0 Å². The van der Waals surface area contributed by atoms with Gasteiger partial charge in [0.25, 0.3) is 0 Å². The van der Waals surface area contributed by atoms with Gasteiger partial charge in [0.2, 0.25) is 0 Å². The van der Waals surface area contributed by atoms with Gasteiger partial charge in [-0.15, -0.1) is 0 Å². The van der Waals surface area contributed by atoms with Crippen LogP contribution in [0, 0.1) is 0 Å². The molecule has 5 heteroatoms. The molecule has 0 atom stereocenters. The van der Waals surface area contributed by atoms with E-state index in [2.05, 4.69) is 19.2 Å². The molecule has 0 bridgehead atoms. The summed E-state index contributed by atoms with van der Waals surface area (Å²) in [6, 6.07) is 0. The number of hydrogen-bond donors (Lipinski definition) is 1. The molecule has 0 spiro atoms.